The molecule has 3 rings (SSSR count). The van der Waals surface area contributed by atoms with Gasteiger partial charge in [0.2, 0.25) is 0 Å². The molecule has 2 aromatic rings. The second kappa shape index (κ2) is 7.42. The number of nitrogens with zero attached hydrogens (tertiary/aromatic N) is 2. The van der Waals surface area contributed by atoms with Gasteiger partial charge >= 0.3 is 0 Å². The molecule has 0 saturated heterocycles. The van der Waals surface area contributed by atoms with Gasteiger partial charge in [-0.05, 0) is 42.0 Å². The fourth-order valence-electron chi connectivity index (χ4n) is 2.76. The molecule has 1 aliphatic rings. The van der Waals surface area contributed by atoms with E-state index in [0.717, 1.165) is 11.3 Å². The van der Waals surface area contributed by atoms with Gasteiger partial charge in [-0.2, -0.15) is 5.26 Å². The average molecular weight is 367 g/mol. The van der Waals surface area contributed by atoms with Crippen LogP contribution in [0.3, 0.4) is 0 Å². The first-order valence-electron chi connectivity index (χ1n) is 7.80. The Morgan fingerprint density at radius 1 is 1.12 bits per heavy atom. The molecule has 1 heterocycles. The number of hydrogen-bond acceptors (Lipinski definition) is 6. The summed E-state index contributed by atoms with van der Waals surface area (Å²) in [7, 11) is 3.17. The number of methoxy groups -OCH3 is 2. The van der Waals surface area contributed by atoms with Crippen molar-refractivity contribution in [1.29, 1.82) is 5.26 Å². The van der Waals surface area contributed by atoms with E-state index in [0.29, 0.717) is 11.5 Å². The summed E-state index contributed by atoms with van der Waals surface area (Å²) in [5.74, 6) is 0.912. The van der Waals surface area contributed by atoms with E-state index in [2.05, 4.69) is 17.9 Å². The number of nitriles is 1. The van der Waals surface area contributed by atoms with Gasteiger partial charge in [0, 0.05) is 5.69 Å². The minimum Gasteiger partial charge on any atom is -0.497 e. The van der Waals surface area contributed by atoms with E-state index in [4.69, 9.17) is 9.47 Å². The Labute approximate surface area is 157 Å². The summed E-state index contributed by atoms with van der Waals surface area (Å²) in [5, 5.41) is 12.5. The number of carbonyl (C=O) groups excluding carboxylic acids is 1. The topological polar surface area (TPSA) is 74.6 Å². The standard InChI is InChI=1S/C19H17N3O3S/c1-24-14-8-6-13(7-9-14)22-17(12-4-3-5-15(10-12)25-2)21-18(23)16(11-20)19(22)26/h3-10,17,26H,1-2H3,(H,21,23). The maximum absolute atomic E-state index is 12.3. The molecule has 1 amide bonds. The summed E-state index contributed by atoms with van der Waals surface area (Å²) >= 11 is 4.47. The van der Waals surface area contributed by atoms with Gasteiger partial charge in [-0.3, -0.25) is 4.79 Å². The number of amides is 1. The van der Waals surface area contributed by atoms with Gasteiger partial charge in [0.15, 0.2) is 0 Å². The highest BCUT2D eigenvalue weighted by Gasteiger charge is 2.34. The number of hydrogen-bond donors (Lipinski definition) is 2. The molecule has 1 N–H and O–H groups in total. The number of rotatable bonds is 4. The lowest BCUT2D eigenvalue weighted by atomic mass is 10.1. The number of carbonyl (C=O) groups is 1. The quantitative estimate of drug-likeness (QED) is 0.813. The lowest BCUT2D eigenvalue weighted by molar-refractivity contribution is -0.118. The molecule has 0 fully saturated rings. The SMILES string of the molecule is COc1ccc(N2C(S)=C(C#N)C(=O)NC2c2cccc(OC)c2)cc1. The zero-order valence-corrected chi connectivity index (χ0v) is 15.2. The van der Waals surface area contributed by atoms with Gasteiger partial charge in [0.25, 0.3) is 5.91 Å². The summed E-state index contributed by atoms with van der Waals surface area (Å²) in [4.78, 5) is 14.1. The molecule has 0 saturated carbocycles. The third kappa shape index (κ3) is 3.19. The van der Waals surface area contributed by atoms with Crippen LogP contribution in [0.1, 0.15) is 11.7 Å². The Balaban J connectivity index is 2.12. The van der Waals surface area contributed by atoms with Crippen molar-refractivity contribution < 1.29 is 14.3 Å². The maximum Gasteiger partial charge on any atom is 0.266 e. The van der Waals surface area contributed by atoms with Crippen LogP contribution < -0.4 is 19.7 Å². The van der Waals surface area contributed by atoms with Crippen molar-refractivity contribution in [1.82, 2.24) is 5.32 Å². The van der Waals surface area contributed by atoms with Crippen molar-refractivity contribution in [3.05, 3.63) is 64.7 Å². The molecule has 0 radical (unpaired) electrons. The molecule has 2 aromatic carbocycles. The van der Waals surface area contributed by atoms with Gasteiger partial charge < -0.3 is 19.7 Å². The molecule has 132 valence electrons. The van der Waals surface area contributed by atoms with Crippen molar-refractivity contribution in [3.63, 3.8) is 0 Å². The molecular formula is C19H17N3O3S. The monoisotopic (exact) mass is 367 g/mol. The molecular weight excluding hydrogens is 350 g/mol. The van der Waals surface area contributed by atoms with Crippen LogP contribution in [0, 0.1) is 11.3 Å². The first-order chi connectivity index (χ1) is 12.6. The molecule has 6 nitrogen and oxygen atoms in total. The summed E-state index contributed by atoms with van der Waals surface area (Å²) in [6.45, 7) is 0. The second-order valence-corrected chi connectivity index (χ2v) is 5.95. The Morgan fingerprint density at radius 3 is 2.42 bits per heavy atom. The predicted octanol–water partition coefficient (Wildman–Crippen LogP) is 3.00. The number of ether oxygens (including phenoxy) is 2. The summed E-state index contributed by atoms with van der Waals surface area (Å²) in [6, 6.07) is 16.6. The first kappa shape index (κ1) is 17.7. The van der Waals surface area contributed by atoms with E-state index in [1.807, 2.05) is 54.6 Å². The number of anilines is 1. The van der Waals surface area contributed by atoms with E-state index in [1.54, 1.807) is 19.1 Å². The molecule has 0 bridgehead atoms. The number of benzene rings is 2. The van der Waals surface area contributed by atoms with Crippen LogP contribution in [0.15, 0.2) is 59.1 Å². The van der Waals surface area contributed by atoms with Crippen molar-refractivity contribution in [3.8, 4) is 17.6 Å². The lowest BCUT2D eigenvalue weighted by Crippen LogP contribution is -2.46. The normalized spacial score (nSPS) is 16.8. The molecule has 1 atom stereocenters. The highest BCUT2D eigenvalue weighted by atomic mass is 32.1. The van der Waals surface area contributed by atoms with Gasteiger partial charge in [0.05, 0.1) is 19.2 Å². The zero-order chi connectivity index (χ0) is 18.7. The molecule has 26 heavy (non-hydrogen) atoms. The van der Waals surface area contributed by atoms with Crippen molar-refractivity contribution in [2.75, 3.05) is 19.1 Å². The zero-order valence-electron chi connectivity index (χ0n) is 14.3. The fraction of sp³-hybridized carbons (Fsp3) is 0.158. The molecule has 0 spiro atoms. The van der Waals surface area contributed by atoms with Crippen molar-refractivity contribution in [2.45, 2.75) is 6.17 Å². The Morgan fingerprint density at radius 2 is 1.81 bits per heavy atom. The number of nitrogens with one attached hydrogen (secondary N) is 1. The Hall–Kier alpha value is -3.11. The molecule has 0 aliphatic carbocycles. The minimum absolute atomic E-state index is 0.0386. The van der Waals surface area contributed by atoms with Crippen LogP contribution >= 0.6 is 12.6 Å². The average Bonchev–Trinajstić information content (AvgIpc) is 2.68. The van der Waals surface area contributed by atoms with E-state index >= 15 is 0 Å². The van der Waals surface area contributed by atoms with Crippen molar-refractivity contribution >= 4 is 24.2 Å². The van der Waals surface area contributed by atoms with Gasteiger partial charge in [-0.1, -0.05) is 12.1 Å². The predicted molar refractivity (Wildman–Crippen MR) is 101 cm³/mol. The van der Waals surface area contributed by atoms with Crippen LogP contribution in [-0.4, -0.2) is 20.1 Å². The Bertz CT molecular complexity index is 903. The highest BCUT2D eigenvalue weighted by molar-refractivity contribution is 7.84. The first-order valence-corrected chi connectivity index (χ1v) is 8.25. The van der Waals surface area contributed by atoms with E-state index in [1.165, 1.54) is 0 Å². The molecule has 1 unspecified atom stereocenters. The van der Waals surface area contributed by atoms with Crippen molar-refractivity contribution in [2.24, 2.45) is 0 Å². The third-order valence-corrected chi connectivity index (χ3v) is 4.52. The summed E-state index contributed by atoms with van der Waals surface area (Å²) in [5.41, 5.74) is 1.52. The molecule has 7 heteroatoms. The molecule has 1 aliphatic heterocycles. The van der Waals surface area contributed by atoms with Gasteiger partial charge in [-0.15, -0.1) is 12.6 Å². The van der Waals surface area contributed by atoms with Crippen LogP contribution in [0.25, 0.3) is 0 Å². The van der Waals surface area contributed by atoms with Gasteiger partial charge in [-0.25, -0.2) is 0 Å². The van der Waals surface area contributed by atoms with E-state index in [-0.39, 0.29) is 10.6 Å². The summed E-state index contributed by atoms with van der Waals surface area (Å²) in [6.07, 6.45) is -0.532. The van der Waals surface area contributed by atoms with Crippen LogP contribution in [0.2, 0.25) is 0 Å². The minimum atomic E-state index is -0.532. The Kier molecular flexibility index (Phi) is 5.05. The smallest absolute Gasteiger partial charge is 0.266 e. The van der Waals surface area contributed by atoms with Gasteiger partial charge in [0.1, 0.15) is 29.3 Å². The summed E-state index contributed by atoms with van der Waals surface area (Å²) < 4.78 is 10.5. The van der Waals surface area contributed by atoms with Crippen LogP contribution in [0.5, 0.6) is 11.5 Å². The van der Waals surface area contributed by atoms with E-state index in [9.17, 15) is 10.1 Å². The van der Waals surface area contributed by atoms with Crippen LogP contribution in [0.4, 0.5) is 5.69 Å². The second-order valence-electron chi connectivity index (χ2n) is 5.53. The molecule has 0 aromatic heterocycles. The highest BCUT2D eigenvalue weighted by Crippen LogP contribution is 2.37. The third-order valence-electron chi connectivity index (χ3n) is 4.08. The van der Waals surface area contributed by atoms with E-state index < -0.39 is 12.1 Å². The van der Waals surface area contributed by atoms with Crippen LogP contribution in [-0.2, 0) is 4.79 Å². The maximum atomic E-state index is 12.3. The largest absolute Gasteiger partial charge is 0.497 e. The lowest BCUT2D eigenvalue weighted by Gasteiger charge is -2.38. The fourth-order valence-corrected chi connectivity index (χ4v) is 3.15. The number of thiol groups is 1.